The van der Waals surface area contributed by atoms with E-state index in [4.69, 9.17) is 4.74 Å². The summed E-state index contributed by atoms with van der Waals surface area (Å²) in [7, 11) is 0. The average Bonchev–Trinajstić information content (AvgIpc) is 2.44. The fourth-order valence-corrected chi connectivity index (χ4v) is 1.38. The maximum Gasteiger partial charge on any atom is 0.306 e. The SMILES string of the molecule is CCCCOC(=O)CC(C)S.O=C=NCCOC(=O)CCS. The van der Waals surface area contributed by atoms with Crippen molar-refractivity contribution in [1.82, 2.24) is 0 Å². The van der Waals surface area contributed by atoms with Gasteiger partial charge >= 0.3 is 11.9 Å². The Labute approximate surface area is 142 Å². The molecule has 0 aliphatic carbocycles. The summed E-state index contributed by atoms with van der Waals surface area (Å²) in [5.41, 5.74) is 0. The van der Waals surface area contributed by atoms with Crippen LogP contribution in [0.2, 0.25) is 0 Å². The van der Waals surface area contributed by atoms with E-state index < -0.39 is 0 Å². The molecular formula is C14H25NO5S2. The van der Waals surface area contributed by atoms with Crippen LogP contribution in [-0.2, 0) is 23.9 Å². The normalized spacial score (nSPS) is 10.5. The Morgan fingerprint density at radius 1 is 1.23 bits per heavy atom. The van der Waals surface area contributed by atoms with E-state index in [1.807, 2.05) is 6.92 Å². The highest BCUT2D eigenvalue weighted by Crippen LogP contribution is 2.01. The number of thiol groups is 2. The molecule has 0 heterocycles. The number of carbonyl (C=O) groups excluding carboxylic acids is 3. The number of unbranched alkanes of at least 4 members (excludes halogenated alkanes) is 1. The Kier molecular flexibility index (Phi) is 19.1. The van der Waals surface area contributed by atoms with Crippen LogP contribution in [0.4, 0.5) is 0 Å². The van der Waals surface area contributed by atoms with Gasteiger partial charge in [0.25, 0.3) is 0 Å². The summed E-state index contributed by atoms with van der Waals surface area (Å²) in [4.78, 5) is 34.2. The molecule has 0 radical (unpaired) electrons. The third-order valence-corrected chi connectivity index (χ3v) is 2.48. The lowest BCUT2D eigenvalue weighted by Crippen LogP contribution is -2.09. The van der Waals surface area contributed by atoms with Crippen LogP contribution in [0.5, 0.6) is 0 Å². The highest BCUT2D eigenvalue weighted by atomic mass is 32.1. The van der Waals surface area contributed by atoms with Gasteiger partial charge in [0.05, 0.1) is 26.0 Å². The van der Waals surface area contributed by atoms with Crippen molar-refractivity contribution in [2.75, 3.05) is 25.5 Å². The van der Waals surface area contributed by atoms with Crippen molar-refractivity contribution in [3.8, 4) is 0 Å². The molecule has 0 N–H and O–H groups in total. The molecule has 0 bridgehead atoms. The topological polar surface area (TPSA) is 82.0 Å². The minimum Gasteiger partial charge on any atom is -0.466 e. The molecule has 0 aromatic rings. The highest BCUT2D eigenvalue weighted by Gasteiger charge is 2.05. The van der Waals surface area contributed by atoms with E-state index in [9.17, 15) is 14.4 Å². The van der Waals surface area contributed by atoms with Crippen LogP contribution in [0, 0.1) is 0 Å². The maximum atomic E-state index is 10.9. The van der Waals surface area contributed by atoms with Crippen LogP contribution in [0.25, 0.3) is 0 Å². The summed E-state index contributed by atoms with van der Waals surface area (Å²) in [5, 5.41) is 0.101. The van der Waals surface area contributed by atoms with Crippen molar-refractivity contribution in [1.29, 1.82) is 0 Å². The number of nitrogens with zero attached hydrogens (tertiary/aromatic N) is 1. The van der Waals surface area contributed by atoms with Crippen molar-refractivity contribution in [2.45, 2.75) is 44.8 Å². The summed E-state index contributed by atoms with van der Waals surface area (Å²) < 4.78 is 9.53. The zero-order valence-corrected chi connectivity index (χ0v) is 14.9. The number of hydrogen-bond donors (Lipinski definition) is 2. The molecule has 0 aromatic heterocycles. The third kappa shape index (κ3) is 21.3. The average molecular weight is 351 g/mol. The minimum atomic E-state index is -0.318. The molecule has 22 heavy (non-hydrogen) atoms. The second-order valence-corrected chi connectivity index (χ2v) is 5.62. The number of ether oxygens (including phenoxy) is 2. The van der Waals surface area contributed by atoms with Crippen LogP contribution in [0.1, 0.15) is 39.5 Å². The number of rotatable bonds is 10. The summed E-state index contributed by atoms with van der Waals surface area (Å²) in [6.07, 6.45) is 4.05. The quantitative estimate of drug-likeness (QED) is 0.207. The monoisotopic (exact) mass is 351 g/mol. The summed E-state index contributed by atoms with van der Waals surface area (Å²) in [5.74, 6) is 0.0116. The van der Waals surface area contributed by atoms with Crippen LogP contribution < -0.4 is 0 Å². The molecule has 0 saturated heterocycles. The van der Waals surface area contributed by atoms with Crippen LogP contribution >= 0.6 is 25.3 Å². The van der Waals surface area contributed by atoms with E-state index in [-0.39, 0.29) is 36.8 Å². The second-order valence-electron chi connectivity index (χ2n) is 4.29. The zero-order chi connectivity index (χ0) is 17.2. The van der Waals surface area contributed by atoms with Gasteiger partial charge in [0.15, 0.2) is 0 Å². The molecular weight excluding hydrogens is 326 g/mol. The van der Waals surface area contributed by atoms with Crippen molar-refractivity contribution < 1.29 is 23.9 Å². The molecule has 8 heteroatoms. The Balaban J connectivity index is 0. The number of esters is 2. The number of aliphatic imine (C=N–C) groups is 1. The van der Waals surface area contributed by atoms with Gasteiger partial charge in [-0.05, 0) is 6.42 Å². The van der Waals surface area contributed by atoms with Gasteiger partial charge < -0.3 is 9.47 Å². The van der Waals surface area contributed by atoms with Gasteiger partial charge in [0.1, 0.15) is 6.61 Å². The second kappa shape index (κ2) is 18.1. The largest absolute Gasteiger partial charge is 0.466 e. The lowest BCUT2D eigenvalue weighted by Gasteiger charge is -2.04. The first-order chi connectivity index (χ1) is 10.5. The van der Waals surface area contributed by atoms with E-state index in [0.717, 1.165) is 12.8 Å². The minimum absolute atomic E-state index is 0.101. The van der Waals surface area contributed by atoms with Crippen molar-refractivity contribution in [2.24, 2.45) is 4.99 Å². The molecule has 0 amide bonds. The molecule has 0 aromatic carbocycles. The fourth-order valence-electron chi connectivity index (χ4n) is 1.04. The smallest absolute Gasteiger partial charge is 0.306 e. The van der Waals surface area contributed by atoms with Crippen molar-refractivity contribution in [3.05, 3.63) is 0 Å². The first-order valence-electron chi connectivity index (χ1n) is 7.11. The van der Waals surface area contributed by atoms with E-state index in [2.05, 4.69) is 41.9 Å². The molecule has 0 saturated carbocycles. The molecule has 0 fully saturated rings. The lowest BCUT2D eigenvalue weighted by atomic mass is 10.3. The Bertz CT molecular complexity index is 344. The van der Waals surface area contributed by atoms with Gasteiger partial charge in [-0.2, -0.15) is 25.3 Å². The molecule has 6 nitrogen and oxygen atoms in total. The Hall–Kier alpha value is -0.980. The predicted octanol–water partition coefficient (Wildman–Crippen LogP) is 2.22. The van der Waals surface area contributed by atoms with Crippen molar-refractivity contribution >= 4 is 43.3 Å². The number of hydrogen-bond acceptors (Lipinski definition) is 8. The van der Waals surface area contributed by atoms with Gasteiger partial charge in [0, 0.05) is 11.0 Å². The van der Waals surface area contributed by atoms with Gasteiger partial charge in [0.2, 0.25) is 6.08 Å². The summed E-state index contributed by atoms with van der Waals surface area (Å²) in [6.45, 7) is 4.82. The predicted molar refractivity (Wildman–Crippen MR) is 91.3 cm³/mol. The van der Waals surface area contributed by atoms with Gasteiger partial charge in [-0.1, -0.05) is 20.3 Å². The maximum absolute atomic E-state index is 10.9. The molecule has 128 valence electrons. The molecule has 0 aliphatic rings. The van der Waals surface area contributed by atoms with E-state index in [1.54, 1.807) is 0 Å². The molecule has 0 aliphatic heterocycles. The van der Waals surface area contributed by atoms with Crippen LogP contribution in [0.15, 0.2) is 4.99 Å². The van der Waals surface area contributed by atoms with E-state index in [0.29, 0.717) is 18.8 Å². The third-order valence-electron chi connectivity index (χ3n) is 2.07. The zero-order valence-electron chi connectivity index (χ0n) is 13.1. The lowest BCUT2D eigenvalue weighted by molar-refractivity contribution is -0.144. The van der Waals surface area contributed by atoms with Gasteiger partial charge in [-0.25, -0.2) is 9.79 Å². The van der Waals surface area contributed by atoms with Crippen molar-refractivity contribution in [3.63, 3.8) is 0 Å². The standard InChI is InChI=1S/C8H16O2S.C6H9NO3S/c1-3-4-5-10-8(9)6-7(2)11;8-5-7-2-3-10-6(9)1-4-11/h7,11H,3-6H2,1-2H3;11H,1-4H2. The molecule has 0 spiro atoms. The summed E-state index contributed by atoms with van der Waals surface area (Å²) in [6, 6.07) is 0. The first-order valence-corrected chi connectivity index (χ1v) is 8.26. The molecule has 1 atom stereocenters. The van der Waals surface area contributed by atoms with E-state index >= 15 is 0 Å². The fraction of sp³-hybridized carbons (Fsp3) is 0.786. The molecule has 1 unspecified atom stereocenters. The van der Waals surface area contributed by atoms with Crippen LogP contribution in [0.3, 0.4) is 0 Å². The Morgan fingerprint density at radius 2 is 1.86 bits per heavy atom. The summed E-state index contributed by atoms with van der Waals surface area (Å²) >= 11 is 7.92. The van der Waals surface area contributed by atoms with Gasteiger partial charge in [-0.3, -0.25) is 9.59 Å². The molecule has 0 rings (SSSR count). The highest BCUT2D eigenvalue weighted by molar-refractivity contribution is 7.81. The number of isocyanates is 1. The van der Waals surface area contributed by atoms with Crippen LogP contribution in [-0.4, -0.2) is 48.8 Å². The van der Waals surface area contributed by atoms with E-state index in [1.165, 1.54) is 6.08 Å². The number of carbonyl (C=O) groups is 2. The van der Waals surface area contributed by atoms with Gasteiger partial charge in [-0.15, -0.1) is 0 Å². The Morgan fingerprint density at radius 3 is 2.36 bits per heavy atom. The first kappa shape index (κ1) is 23.3.